The molecule has 0 amide bonds. The van der Waals surface area contributed by atoms with Gasteiger partial charge in [0.25, 0.3) is 0 Å². The molecule has 3 rings (SSSR count). The van der Waals surface area contributed by atoms with Gasteiger partial charge in [0.2, 0.25) is 0 Å². The minimum Gasteiger partial charge on any atom is -0.490 e. The fraction of sp³-hybridized carbons (Fsp3) is 0.600. The maximum absolute atomic E-state index is 10.6. The van der Waals surface area contributed by atoms with Gasteiger partial charge in [-0.15, -0.1) is 0 Å². The number of aliphatic hydroxyl groups excluding tert-OH is 1. The normalized spacial score (nSPS) is 26.8. The molecule has 1 N–H and O–H groups in total. The Balaban J connectivity index is 1.86. The molecule has 4 nitrogen and oxygen atoms in total. The number of ether oxygens (including phenoxy) is 2. The maximum Gasteiger partial charge on any atom is 0.167 e. The lowest BCUT2D eigenvalue weighted by molar-refractivity contribution is 0.0126. The summed E-state index contributed by atoms with van der Waals surface area (Å²) in [4.78, 5) is 2.33. The quantitative estimate of drug-likeness (QED) is 0.905. The maximum atomic E-state index is 10.6. The summed E-state index contributed by atoms with van der Waals surface area (Å²) in [5.74, 6) is 1.45. The van der Waals surface area contributed by atoms with E-state index in [2.05, 4.69) is 4.90 Å². The minimum atomic E-state index is -0.484. The van der Waals surface area contributed by atoms with Gasteiger partial charge in [-0.25, -0.2) is 0 Å². The zero-order valence-electron chi connectivity index (χ0n) is 11.3. The number of aliphatic hydroxyl groups is 1. The first-order valence-corrected chi connectivity index (χ1v) is 7.12. The molecule has 2 atom stereocenters. The summed E-state index contributed by atoms with van der Waals surface area (Å²) in [6.45, 7) is 5.21. The lowest BCUT2D eigenvalue weighted by atomic mass is 9.97. The van der Waals surface area contributed by atoms with E-state index in [4.69, 9.17) is 9.47 Å². The van der Waals surface area contributed by atoms with Crippen LogP contribution in [0.4, 0.5) is 0 Å². The summed E-state index contributed by atoms with van der Waals surface area (Å²) in [5, 5.41) is 10.6. The second-order valence-corrected chi connectivity index (χ2v) is 5.17. The van der Waals surface area contributed by atoms with Crippen molar-refractivity contribution in [3.8, 4) is 11.5 Å². The molecule has 0 aliphatic carbocycles. The molecular weight excluding hydrogens is 242 g/mol. The van der Waals surface area contributed by atoms with Gasteiger partial charge in [-0.1, -0.05) is 12.1 Å². The molecule has 1 saturated heterocycles. The highest BCUT2D eigenvalue weighted by Crippen LogP contribution is 2.41. The van der Waals surface area contributed by atoms with E-state index < -0.39 is 6.10 Å². The van der Waals surface area contributed by atoms with Crippen molar-refractivity contribution in [2.75, 3.05) is 26.3 Å². The van der Waals surface area contributed by atoms with Gasteiger partial charge in [-0.2, -0.15) is 0 Å². The number of benzene rings is 1. The summed E-state index contributed by atoms with van der Waals surface area (Å²) >= 11 is 0. The van der Waals surface area contributed by atoms with Crippen LogP contribution in [-0.2, 0) is 0 Å². The third-order valence-electron chi connectivity index (χ3n) is 4.00. The van der Waals surface area contributed by atoms with Crippen molar-refractivity contribution in [1.82, 2.24) is 4.90 Å². The smallest absolute Gasteiger partial charge is 0.167 e. The molecule has 2 aliphatic heterocycles. The van der Waals surface area contributed by atoms with E-state index in [9.17, 15) is 5.11 Å². The molecule has 1 aromatic rings. The molecule has 104 valence electrons. The van der Waals surface area contributed by atoms with Crippen LogP contribution in [0.5, 0.6) is 11.5 Å². The zero-order valence-corrected chi connectivity index (χ0v) is 11.3. The van der Waals surface area contributed by atoms with E-state index in [0.717, 1.165) is 24.4 Å². The highest BCUT2D eigenvalue weighted by Gasteiger charge is 2.36. The summed E-state index contributed by atoms with van der Waals surface area (Å²) in [5.41, 5.74) is 0.856. The standard InChI is InChI=1S/C15H21NO3/c1-2-18-13-7-5-6-11-14(17)12(10-19-15(11)13)16-8-3-4-9-16/h5-7,12,14,17H,2-4,8-10H2,1H3. The average molecular weight is 263 g/mol. The van der Waals surface area contributed by atoms with E-state index in [1.54, 1.807) is 0 Å². The molecule has 0 spiro atoms. The Morgan fingerprint density at radius 2 is 2.16 bits per heavy atom. The minimum absolute atomic E-state index is 0.0758. The van der Waals surface area contributed by atoms with Crippen molar-refractivity contribution in [2.24, 2.45) is 0 Å². The van der Waals surface area contributed by atoms with Crippen LogP contribution < -0.4 is 9.47 Å². The first-order valence-electron chi connectivity index (χ1n) is 7.12. The first kappa shape index (κ1) is 12.8. The van der Waals surface area contributed by atoms with E-state index in [-0.39, 0.29) is 6.04 Å². The van der Waals surface area contributed by atoms with Gasteiger partial charge in [0, 0.05) is 5.56 Å². The number of rotatable bonds is 3. The highest BCUT2D eigenvalue weighted by molar-refractivity contribution is 5.49. The Hall–Kier alpha value is -1.26. The van der Waals surface area contributed by atoms with Crippen LogP contribution in [-0.4, -0.2) is 42.4 Å². The molecule has 2 heterocycles. The number of hydrogen-bond donors (Lipinski definition) is 1. The number of para-hydroxylation sites is 1. The molecular formula is C15H21NO3. The van der Waals surface area contributed by atoms with Crippen molar-refractivity contribution in [3.63, 3.8) is 0 Å². The molecule has 1 aromatic carbocycles. The van der Waals surface area contributed by atoms with E-state index >= 15 is 0 Å². The third-order valence-corrected chi connectivity index (χ3v) is 4.00. The van der Waals surface area contributed by atoms with Gasteiger partial charge < -0.3 is 14.6 Å². The van der Waals surface area contributed by atoms with Crippen molar-refractivity contribution in [1.29, 1.82) is 0 Å². The largest absolute Gasteiger partial charge is 0.490 e. The van der Waals surface area contributed by atoms with Crippen molar-refractivity contribution in [3.05, 3.63) is 23.8 Å². The predicted octanol–water partition coefficient (Wildman–Crippen LogP) is 1.98. The zero-order chi connectivity index (χ0) is 13.2. The second-order valence-electron chi connectivity index (χ2n) is 5.17. The van der Waals surface area contributed by atoms with E-state index in [1.807, 2.05) is 25.1 Å². The monoisotopic (exact) mass is 263 g/mol. The van der Waals surface area contributed by atoms with Crippen LogP contribution in [0.15, 0.2) is 18.2 Å². The van der Waals surface area contributed by atoms with Crippen LogP contribution >= 0.6 is 0 Å². The molecule has 2 unspecified atom stereocenters. The molecule has 1 fully saturated rings. The Morgan fingerprint density at radius 3 is 2.89 bits per heavy atom. The number of hydrogen-bond acceptors (Lipinski definition) is 4. The molecule has 0 saturated carbocycles. The Labute approximate surface area is 113 Å². The second kappa shape index (κ2) is 5.39. The van der Waals surface area contributed by atoms with E-state index in [1.165, 1.54) is 12.8 Å². The number of likely N-dealkylation sites (tertiary alicyclic amines) is 1. The Morgan fingerprint density at radius 1 is 1.37 bits per heavy atom. The molecule has 0 radical (unpaired) electrons. The lowest BCUT2D eigenvalue weighted by Gasteiger charge is -2.36. The summed E-state index contributed by atoms with van der Waals surface area (Å²) in [7, 11) is 0. The lowest BCUT2D eigenvalue weighted by Crippen LogP contribution is -2.44. The van der Waals surface area contributed by atoms with Gasteiger partial charge in [0.05, 0.1) is 12.6 Å². The summed E-state index contributed by atoms with van der Waals surface area (Å²) in [6, 6.07) is 5.82. The average Bonchev–Trinajstić information content (AvgIpc) is 2.94. The predicted molar refractivity (Wildman–Crippen MR) is 72.7 cm³/mol. The van der Waals surface area contributed by atoms with Gasteiger partial charge in [0.1, 0.15) is 12.7 Å². The molecule has 2 aliphatic rings. The van der Waals surface area contributed by atoms with Crippen molar-refractivity contribution in [2.45, 2.75) is 31.9 Å². The highest BCUT2D eigenvalue weighted by atomic mass is 16.5. The SMILES string of the molecule is CCOc1cccc2c1OCC(N1CCCC1)C2O. The fourth-order valence-corrected chi connectivity index (χ4v) is 3.03. The van der Waals surface area contributed by atoms with Crippen LogP contribution in [0.1, 0.15) is 31.4 Å². The molecule has 19 heavy (non-hydrogen) atoms. The van der Waals surface area contributed by atoms with Gasteiger partial charge in [0.15, 0.2) is 11.5 Å². The van der Waals surface area contributed by atoms with Crippen LogP contribution in [0.2, 0.25) is 0 Å². The number of nitrogens with zero attached hydrogens (tertiary/aromatic N) is 1. The van der Waals surface area contributed by atoms with Crippen LogP contribution in [0.3, 0.4) is 0 Å². The van der Waals surface area contributed by atoms with Gasteiger partial charge in [-0.05, 0) is 38.9 Å². The summed E-state index contributed by atoms with van der Waals surface area (Å²) < 4.78 is 11.4. The number of fused-ring (bicyclic) bond motifs is 1. The van der Waals surface area contributed by atoms with Gasteiger partial charge >= 0.3 is 0 Å². The molecule has 0 aromatic heterocycles. The van der Waals surface area contributed by atoms with Crippen LogP contribution in [0, 0.1) is 0 Å². The van der Waals surface area contributed by atoms with Crippen molar-refractivity contribution >= 4 is 0 Å². The fourth-order valence-electron chi connectivity index (χ4n) is 3.03. The Bertz CT molecular complexity index is 443. The van der Waals surface area contributed by atoms with Crippen LogP contribution in [0.25, 0.3) is 0 Å². The van der Waals surface area contributed by atoms with E-state index in [0.29, 0.717) is 19.0 Å². The molecule has 4 heteroatoms. The first-order chi connectivity index (χ1) is 9.31. The van der Waals surface area contributed by atoms with Crippen molar-refractivity contribution < 1.29 is 14.6 Å². The molecule has 0 bridgehead atoms. The van der Waals surface area contributed by atoms with Gasteiger partial charge in [-0.3, -0.25) is 4.90 Å². The topological polar surface area (TPSA) is 41.9 Å². The third kappa shape index (κ3) is 2.30. The summed E-state index contributed by atoms with van der Waals surface area (Å²) in [6.07, 6.45) is 1.95. The Kier molecular flexibility index (Phi) is 3.62.